The Morgan fingerprint density at radius 2 is 2.44 bits per heavy atom. The van der Waals surface area contributed by atoms with Crippen LogP contribution in [0.4, 0.5) is 0 Å². The Kier molecular flexibility index (Phi) is 0.773. The van der Waals surface area contributed by atoms with Gasteiger partial charge in [0.2, 0.25) is 0 Å². The standard InChI is InChI=1S/C6H4N3/c1-2-5-6(7-3-1)9-4-8-5/h1,3-4H,(H,7,8,9). The maximum atomic E-state index is 3.99. The molecule has 2 rings (SSSR count). The molecule has 0 spiro atoms. The molecule has 0 unspecified atom stereocenters. The fourth-order valence-electron chi connectivity index (χ4n) is 0.720. The molecule has 3 heteroatoms. The summed E-state index contributed by atoms with van der Waals surface area (Å²) in [5.41, 5.74) is 1.58. The Labute approximate surface area is 51.8 Å². The molecule has 0 amide bonds. The Bertz CT molecular complexity index is 282. The number of nitrogens with zero attached hydrogens (tertiary/aromatic N) is 2. The van der Waals surface area contributed by atoms with Gasteiger partial charge in [-0.3, -0.25) is 0 Å². The maximum Gasteiger partial charge on any atom is 0.157 e. The largest absolute Gasteiger partial charge is 0.329 e. The van der Waals surface area contributed by atoms with Crippen LogP contribution < -0.4 is 0 Å². The molecule has 2 heterocycles. The molecular formula is C6H4N3. The van der Waals surface area contributed by atoms with Crippen molar-refractivity contribution in [1.29, 1.82) is 0 Å². The molecule has 3 nitrogen and oxygen atoms in total. The SMILES string of the molecule is [c]1ccnc2[nH]cnc12. The number of H-pyrrole nitrogens is 1. The first-order chi connectivity index (χ1) is 4.47. The van der Waals surface area contributed by atoms with Crippen LogP contribution in [0, 0.1) is 6.07 Å². The van der Waals surface area contributed by atoms with E-state index in [1.165, 1.54) is 0 Å². The van der Waals surface area contributed by atoms with Crippen LogP contribution in [0.25, 0.3) is 11.2 Å². The van der Waals surface area contributed by atoms with Crippen molar-refractivity contribution in [2.45, 2.75) is 0 Å². The second kappa shape index (κ2) is 1.55. The molecule has 2 aromatic heterocycles. The number of aromatic amines is 1. The predicted molar refractivity (Wildman–Crippen MR) is 32.7 cm³/mol. The summed E-state index contributed by atoms with van der Waals surface area (Å²) in [5, 5.41) is 0. The Morgan fingerprint density at radius 3 is 3.33 bits per heavy atom. The van der Waals surface area contributed by atoms with Gasteiger partial charge in [0.05, 0.1) is 6.33 Å². The third kappa shape index (κ3) is 0.579. The van der Waals surface area contributed by atoms with Gasteiger partial charge in [-0.25, -0.2) is 9.97 Å². The van der Waals surface area contributed by atoms with Crippen LogP contribution in [-0.2, 0) is 0 Å². The highest BCUT2D eigenvalue weighted by molar-refractivity contribution is 5.67. The third-order valence-electron chi connectivity index (χ3n) is 1.12. The van der Waals surface area contributed by atoms with Gasteiger partial charge in [-0.1, -0.05) is 0 Å². The molecular weight excluding hydrogens is 114 g/mol. The number of rotatable bonds is 0. The van der Waals surface area contributed by atoms with Crippen molar-refractivity contribution in [3.8, 4) is 0 Å². The van der Waals surface area contributed by atoms with Crippen molar-refractivity contribution in [3.63, 3.8) is 0 Å². The Balaban J connectivity index is 2.95. The van der Waals surface area contributed by atoms with Crippen molar-refractivity contribution in [1.82, 2.24) is 15.0 Å². The zero-order valence-corrected chi connectivity index (χ0v) is 4.63. The van der Waals surface area contributed by atoms with E-state index in [2.05, 4.69) is 21.0 Å². The van der Waals surface area contributed by atoms with Crippen LogP contribution in [0.5, 0.6) is 0 Å². The highest BCUT2D eigenvalue weighted by Crippen LogP contribution is 2.00. The van der Waals surface area contributed by atoms with Crippen LogP contribution in [0.15, 0.2) is 18.6 Å². The number of imidazole rings is 1. The molecule has 0 aromatic carbocycles. The molecule has 0 bridgehead atoms. The van der Waals surface area contributed by atoms with E-state index in [1.807, 2.05) is 0 Å². The molecule has 1 radical (unpaired) electrons. The van der Waals surface area contributed by atoms with Gasteiger partial charge in [0.25, 0.3) is 0 Å². The fraction of sp³-hybridized carbons (Fsp3) is 0. The molecule has 0 aliphatic rings. The zero-order valence-electron chi connectivity index (χ0n) is 4.63. The average molecular weight is 118 g/mol. The second-order valence-corrected chi connectivity index (χ2v) is 1.69. The lowest BCUT2D eigenvalue weighted by Crippen LogP contribution is -1.72. The molecule has 0 saturated heterocycles. The summed E-state index contributed by atoms with van der Waals surface area (Å²) in [6.07, 6.45) is 3.29. The van der Waals surface area contributed by atoms with Gasteiger partial charge in [-0.15, -0.1) is 0 Å². The number of pyridine rings is 1. The first-order valence-electron chi connectivity index (χ1n) is 2.62. The average Bonchev–Trinajstić information content (AvgIpc) is 2.33. The van der Waals surface area contributed by atoms with Gasteiger partial charge in [-0.2, -0.15) is 0 Å². The van der Waals surface area contributed by atoms with Crippen molar-refractivity contribution in [2.24, 2.45) is 0 Å². The number of hydrogen-bond donors (Lipinski definition) is 1. The monoisotopic (exact) mass is 118 g/mol. The van der Waals surface area contributed by atoms with Gasteiger partial charge >= 0.3 is 0 Å². The first-order valence-corrected chi connectivity index (χ1v) is 2.62. The highest BCUT2D eigenvalue weighted by atomic mass is 14.9. The van der Waals surface area contributed by atoms with Crippen LogP contribution >= 0.6 is 0 Å². The lowest BCUT2D eigenvalue weighted by molar-refractivity contribution is 1.30. The van der Waals surface area contributed by atoms with Gasteiger partial charge in [0, 0.05) is 12.3 Å². The van der Waals surface area contributed by atoms with Gasteiger partial charge in [-0.05, 0) is 6.07 Å². The minimum Gasteiger partial charge on any atom is -0.329 e. The van der Waals surface area contributed by atoms with E-state index in [0.29, 0.717) is 0 Å². The number of aromatic nitrogens is 3. The summed E-state index contributed by atoms with van der Waals surface area (Å²) in [7, 11) is 0. The van der Waals surface area contributed by atoms with Gasteiger partial charge in [0.1, 0.15) is 5.52 Å². The van der Waals surface area contributed by atoms with Crippen molar-refractivity contribution < 1.29 is 0 Å². The first kappa shape index (κ1) is 4.49. The number of fused-ring (bicyclic) bond motifs is 1. The summed E-state index contributed by atoms with van der Waals surface area (Å²) in [6.45, 7) is 0. The molecule has 0 atom stereocenters. The molecule has 2 aromatic rings. The molecule has 0 fully saturated rings. The van der Waals surface area contributed by atoms with E-state index in [-0.39, 0.29) is 0 Å². The zero-order chi connectivity index (χ0) is 6.10. The lowest BCUT2D eigenvalue weighted by Gasteiger charge is -1.79. The Hall–Kier alpha value is -1.38. The van der Waals surface area contributed by atoms with E-state index >= 15 is 0 Å². The van der Waals surface area contributed by atoms with Gasteiger partial charge in [0.15, 0.2) is 5.65 Å². The number of hydrogen-bond acceptors (Lipinski definition) is 2. The highest BCUT2D eigenvalue weighted by Gasteiger charge is 1.90. The fourth-order valence-corrected chi connectivity index (χ4v) is 0.720. The predicted octanol–water partition coefficient (Wildman–Crippen LogP) is 0.758. The van der Waals surface area contributed by atoms with Crippen LogP contribution in [0.3, 0.4) is 0 Å². The molecule has 1 N–H and O–H groups in total. The van der Waals surface area contributed by atoms with Crippen LogP contribution in [0.2, 0.25) is 0 Å². The summed E-state index contributed by atoms with van der Waals surface area (Å²) < 4.78 is 0. The Morgan fingerprint density at radius 1 is 1.44 bits per heavy atom. The summed E-state index contributed by atoms with van der Waals surface area (Å²) >= 11 is 0. The van der Waals surface area contributed by atoms with Crippen LogP contribution in [-0.4, -0.2) is 15.0 Å². The lowest BCUT2D eigenvalue weighted by atomic mass is 10.4. The van der Waals surface area contributed by atoms with E-state index < -0.39 is 0 Å². The van der Waals surface area contributed by atoms with E-state index in [9.17, 15) is 0 Å². The minimum absolute atomic E-state index is 0.789. The second-order valence-electron chi connectivity index (χ2n) is 1.69. The summed E-state index contributed by atoms with van der Waals surface area (Å²) in [6, 6.07) is 4.67. The molecule has 0 aliphatic heterocycles. The molecule has 9 heavy (non-hydrogen) atoms. The minimum atomic E-state index is 0.789. The number of nitrogens with one attached hydrogen (secondary N) is 1. The van der Waals surface area contributed by atoms with Crippen molar-refractivity contribution >= 4 is 11.2 Å². The van der Waals surface area contributed by atoms with Crippen LogP contribution in [0.1, 0.15) is 0 Å². The van der Waals surface area contributed by atoms with Crippen molar-refractivity contribution in [2.75, 3.05) is 0 Å². The van der Waals surface area contributed by atoms with Crippen molar-refractivity contribution in [3.05, 3.63) is 24.7 Å². The summed E-state index contributed by atoms with van der Waals surface area (Å²) in [5.74, 6) is 0. The molecule has 0 saturated carbocycles. The normalized spacial score (nSPS) is 10.2. The quantitative estimate of drug-likeness (QED) is 0.554. The smallest absolute Gasteiger partial charge is 0.157 e. The van der Waals surface area contributed by atoms with E-state index in [0.717, 1.165) is 11.2 Å². The molecule has 43 valence electrons. The van der Waals surface area contributed by atoms with Gasteiger partial charge < -0.3 is 4.98 Å². The molecule has 0 aliphatic carbocycles. The van der Waals surface area contributed by atoms with E-state index in [1.54, 1.807) is 18.6 Å². The van der Waals surface area contributed by atoms with E-state index in [4.69, 9.17) is 0 Å². The summed E-state index contributed by atoms with van der Waals surface area (Å²) in [4.78, 5) is 10.8. The third-order valence-corrected chi connectivity index (χ3v) is 1.12. The topological polar surface area (TPSA) is 41.6 Å². The maximum absolute atomic E-state index is 3.99.